The quantitative estimate of drug-likeness (QED) is 0.574. The Morgan fingerprint density at radius 1 is 0.838 bits per heavy atom. The van der Waals surface area contributed by atoms with E-state index in [9.17, 15) is 5.11 Å². The zero-order valence-corrected chi connectivity index (χ0v) is 21.8. The predicted octanol–water partition coefficient (Wildman–Crippen LogP) is 4.44. The van der Waals surface area contributed by atoms with Gasteiger partial charge in [-0.15, -0.1) is 0 Å². The summed E-state index contributed by atoms with van der Waals surface area (Å²) in [5, 5.41) is 10.7. The van der Waals surface area contributed by atoms with Gasteiger partial charge in [0.2, 0.25) is 6.79 Å². The number of rotatable bonds is 8. The summed E-state index contributed by atoms with van der Waals surface area (Å²) in [4.78, 5) is 4.81. The molecule has 0 amide bonds. The first kappa shape index (κ1) is 23.8. The Balaban J connectivity index is 0.859. The molecule has 1 unspecified atom stereocenters. The van der Waals surface area contributed by atoms with E-state index >= 15 is 0 Å². The van der Waals surface area contributed by atoms with Gasteiger partial charge in [0.25, 0.3) is 0 Å². The van der Waals surface area contributed by atoms with Gasteiger partial charge in [-0.2, -0.15) is 0 Å². The van der Waals surface area contributed by atoms with Gasteiger partial charge in [0.05, 0.1) is 0 Å². The average molecular weight is 505 g/mol. The summed E-state index contributed by atoms with van der Waals surface area (Å²) in [5.74, 6) is 5.44. The van der Waals surface area contributed by atoms with Crippen molar-refractivity contribution in [3.8, 4) is 17.2 Å². The van der Waals surface area contributed by atoms with Crippen LogP contribution in [0.3, 0.4) is 0 Å². The lowest BCUT2D eigenvalue weighted by Gasteiger charge is -2.57. The lowest BCUT2D eigenvalue weighted by Crippen LogP contribution is -2.48. The smallest absolute Gasteiger partial charge is 0.231 e. The molecule has 4 aliphatic carbocycles. The van der Waals surface area contributed by atoms with Crippen molar-refractivity contribution in [2.45, 2.75) is 56.6 Å². The lowest BCUT2D eigenvalue weighted by atomic mass is 9.48. The number of ether oxygens (including phenoxy) is 3. The molecular weight excluding hydrogens is 464 g/mol. The minimum atomic E-state index is -0.483. The SMILES string of the molecule is OC(COc1ccc(C23CC4CC(CC(C4)C2)C3)cc1)CN1CCN(Cc2ccc3c(c2)OCO3)CC1. The highest BCUT2D eigenvalue weighted by Gasteiger charge is 2.51. The fourth-order valence-electron chi connectivity index (χ4n) is 8.34. The van der Waals surface area contributed by atoms with Crippen LogP contribution in [0.2, 0.25) is 0 Å². The van der Waals surface area contributed by atoms with E-state index < -0.39 is 6.10 Å². The highest BCUT2D eigenvalue weighted by molar-refractivity contribution is 5.44. The molecule has 2 aromatic rings. The van der Waals surface area contributed by atoms with Gasteiger partial charge in [-0.3, -0.25) is 9.80 Å². The molecule has 6 heteroatoms. The molecule has 0 radical (unpaired) electrons. The highest BCUT2D eigenvalue weighted by Crippen LogP contribution is 2.60. The van der Waals surface area contributed by atoms with Gasteiger partial charge in [0, 0.05) is 39.3 Å². The lowest BCUT2D eigenvalue weighted by molar-refractivity contribution is -0.00522. The number of aliphatic hydroxyl groups excluding tert-OH is 1. The second-order valence-electron chi connectivity index (χ2n) is 12.5. The van der Waals surface area contributed by atoms with Crippen LogP contribution < -0.4 is 14.2 Å². The van der Waals surface area contributed by atoms with Crippen LogP contribution in [0.15, 0.2) is 42.5 Å². The van der Waals surface area contributed by atoms with Gasteiger partial charge in [-0.25, -0.2) is 0 Å². The Bertz CT molecular complexity index is 1060. The topological polar surface area (TPSA) is 54.4 Å². The molecule has 6 aliphatic rings. The number of piperazine rings is 1. The largest absolute Gasteiger partial charge is 0.491 e. The van der Waals surface area contributed by atoms with Crippen LogP contribution in [0.25, 0.3) is 0 Å². The Labute approximate surface area is 220 Å². The highest BCUT2D eigenvalue weighted by atomic mass is 16.7. The summed E-state index contributed by atoms with van der Waals surface area (Å²) in [6, 6.07) is 15.1. The summed E-state index contributed by atoms with van der Waals surface area (Å²) < 4.78 is 16.9. The molecule has 6 nitrogen and oxygen atoms in total. The molecule has 37 heavy (non-hydrogen) atoms. The fourth-order valence-corrected chi connectivity index (χ4v) is 8.34. The van der Waals surface area contributed by atoms with Crippen LogP contribution in [0.4, 0.5) is 0 Å². The summed E-state index contributed by atoms with van der Waals surface area (Å²) in [5.41, 5.74) is 3.20. The summed E-state index contributed by atoms with van der Waals surface area (Å²) in [7, 11) is 0. The first-order valence-electron chi connectivity index (χ1n) is 14.3. The Hall–Kier alpha value is -2.28. The van der Waals surface area contributed by atoms with Gasteiger partial charge < -0.3 is 19.3 Å². The Morgan fingerprint density at radius 2 is 1.49 bits per heavy atom. The molecule has 2 aromatic carbocycles. The molecule has 2 heterocycles. The third-order valence-corrected chi connectivity index (χ3v) is 9.72. The van der Waals surface area contributed by atoms with Crippen LogP contribution in [0.1, 0.15) is 49.7 Å². The van der Waals surface area contributed by atoms with Crippen LogP contribution in [0.5, 0.6) is 17.2 Å². The van der Waals surface area contributed by atoms with Crippen LogP contribution in [-0.4, -0.2) is 67.1 Å². The molecule has 4 bridgehead atoms. The summed E-state index contributed by atoms with van der Waals surface area (Å²) >= 11 is 0. The molecule has 2 aliphatic heterocycles. The second-order valence-corrected chi connectivity index (χ2v) is 12.5. The van der Waals surface area contributed by atoms with E-state index in [4.69, 9.17) is 14.2 Å². The van der Waals surface area contributed by atoms with Gasteiger partial charge >= 0.3 is 0 Å². The van der Waals surface area contributed by atoms with Crippen LogP contribution in [-0.2, 0) is 12.0 Å². The van der Waals surface area contributed by atoms with E-state index in [1.165, 1.54) is 49.7 Å². The van der Waals surface area contributed by atoms with Gasteiger partial charge in [-0.05, 0) is 97.1 Å². The maximum atomic E-state index is 10.7. The molecule has 5 fully saturated rings. The first-order valence-corrected chi connectivity index (χ1v) is 14.3. The standard InChI is InChI=1S/C31H40N2O4/c34-27(19-33-9-7-32(8-10-33)18-22-1-6-29-30(14-22)37-21-36-29)20-35-28-4-2-26(3-5-28)31-15-23-11-24(16-31)13-25(12-23)17-31/h1-6,14,23-25,27,34H,7-13,15-21H2. The summed E-state index contributed by atoms with van der Waals surface area (Å²) in [6.07, 6.45) is 8.13. The Morgan fingerprint density at radius 3 is 2.19 bits per heavy atom. The van der Waals surface area contributed by atoms with Gasteiger partial charge in [0.1, 0.15) is 18.5 Å². The van der Waals surface area contributed by atoms with Gasteiger partial charge in [0.15, 0.2) is 11.5 Å². The van der Waals surface area contributed by atoms with Crippen molar-refractivity contribution in [2.24, 2.45) is 17.8 Å². The minimum absolute atomic E-state index is 0.316. The zero-order valence-electron chi connectivity index (χ0n) is 21.8. The van der Waals surface area contributed by atoms with Crippen molar-refractivity contribution in [3.63, 3.8) is 0 Å². The molecular formula is C31H40N2O4. The van der Waals surface area contributed by atoms with E-state index in [1.54, 1.807) is 0 Å². The molecule has 1 atom stereocenters. The van der Waals surface area contributed by atoms with Crippen molar-refractivity contribution in [1.29, 1.82) is 0 Å². The maximum Gasteiger partial charge on any atom is 0.231 e. The number of hydrogen-bond donors (Lipinski definition) is 1. The maximum absolute atomic E-state index is 10.7. The van der Waals surface area contributed by atoms with E-state index in [-0.39, 0.29) is 0 Å². The number of aliphatic hydroxyl groups is 1. The number of fused-ring (bicyclic) bond motifs is 1. The Kier molecular flexibility index (Phi) is 6.30. The van der Waals surface area contributed by atoms with Crippen molar-refractivity contribution in [3.05, 3.63) is 53.6 Å². The van der Waals surface area contributed by atoms with Crippen molar-refractivity contribution in [2.75, 3.05) is 46.1 Å². The van der Waals surface area contributed by atoms with Crippen LogP contribution in [0, 0.1) is 17.8 Å². The third kappa shape index (κ3) is 4.96. The van der Waals surface area contributed by atoms with E-state index in [0.29, 0.717) is 25.4 Å². The van der Waals surface area contributed by atoms with Crippen molar-refractivity contribution < 1.29 is 19.3 Å². The minimum Gasteiger partial charge on any atom is -0.491 e. The van der Waals surface area contributed by atoms with Gasteiger partial charge in [-0.1, -0.05) is 18.2 Å². The second kappa shape index (κ2) is 9.79. The van der Waals surface area contributed by atoms with Crippen molar-refractivity contribution in [1.82, 2.24) is 9.80 Å². The van der Waals surface area contributed by atoms with E-state index in [1.807, 2.05) is 6.07 Å². The van der Waals surface area contributed by atoms with E-state index in [2.05, 4.69) is 46.2 Å². The predicted molar refractivity (Wildman–Crippen MR) is 142 cm³/mol. The monoisotopic (exact) mass is 504 g/mol. The molecule has 1 saturated heterocycles. The van der Waals surface area contributed by atoms with E-state index in [0.717, 1.165) is 67.7 Å². The third-order valence-electron chi connectivity index (χ3n) is 9.72. The molecule has 4 saturated carbocycles. The summed E-state index contributed by atoms with van der Waals surface area (Å²) in [6.45, 7) is 6.13. The molecule has 1 N–H and O–H groups in total. The first-order chi connectivity index (χ1) is 18.1. The zero-order chi connectivity index (χ0) is 24.8. The fraction of sp³-hybridized carbons (Fsp3) is 0.613. The average Bonchev–Trinajstić information content (AvgIpc) is 3.36. The number of hydrogen-bond acceptors (Lipinski definition) is 6. The molecule has 0 aromatic heterocycles. The van der Waals surface area contributed by atoms with Crippen molar-refractivity contribution >= 4 is 0 Å². The van der Waals surface area contributed by atoms with Crippen LogP contribution >= 0.6 is 0 Å². The number of β-amino-alcohol motifs (C(OH)–C–C–N with tert-alkyl or cyclic N) is 1. The number of benzene rings is 2. The normalized spacial score (nSPS) is 31.5. The molecule has 198 valence electrons. The molecule has 8 rings (SSSR count). The molecule has 0 spiro atoms. The number of nitrogens with zero attached hydrogens (tertiary/aromatic N) is 2.